The van der Waals surface area contributed by atoms with E-state index in [0.29, 0.717) is 0 Å². The van der Waals surface area contributed by atoms with E-state index in [-0.39, 0.29) is 12.0 Å². The summed E-state index contributed by atoms with van der Waals surface area (Å²) in [6.45, 7) is 10.7. The second kappa shape index (κ2) is 10.2. The lowest BCUT2D eigenvalue weighted by molar-refractivity contribution is 0.252. The Morgan fingerprint density at radius 1 is 1.10 bits per heavy atom. The molecule has 0 bridgehead atoms. The summed E-state index contributed by atoms with van der Waals surface area (Å²) in [5.41, 5.74) is 6.12. The smallest absolute Gasteiger partial charge is 0.132 e. The monoisotopic (exact) mass is 387 g/mol. The molecule has 2 aromatic rings. The Kier molecular flexibility index (Phi) is 7.35. The molecular weight excluding hydrogens is 354 g/mol. The van der Waals surface area contributed by atoms with Gasteiger partial charge in [-0.3, -0.25) is 0 Å². The minimum atomic E-state index is -0.0299. The zero-order valence-corrected chi connectivity index (χ0v) is 17.9. The Morgan fingerprint density at radius 2 is 1.93 bits per heavy atom. The SMILES string of the molecule is C=CC1c2ccccc2O[C@@H]1/C(CC)=C(\C=C/CC)Nc1cccc(CCC)c1. The first-order valence-corrected chi connectivity index (χ1v) is 10.8. The van der Waals surface area contributed by atoms with Gasteiger partial charge in [0.15, 0.2) is 0 Å². The van der Waals surface area contributed by atoms with Crippen LogP contribution in [0, 0.1) is 0 Å². The molecular formula is C27H33NO. The molecule has 2 heteroatoms. The number of ether oxygens (including phenoxy) is 1. The van der Waals surface area contributed by atoms with Crippen LogP contribution in [0.5, 0.6) is 5.75 Å². The van der Waals surface area contributed by atoms with E-state index < -0.39 is 0 Å². The van der Waals surface area contributed by atoms with E-state index in [4.69, 9.17) is 4.74 Å². The molecule has 2 aromatic carbocycles. The molecule has 0 amide bonds. The van der Waals surface area contributed by atoms with Crippen LogP contribution in [-0.4, -0.2) is 6.10 Å². The van der Waals surface area contributed by atoms with E-state index >= 15 is 0 Å². The second-order valence-electron chi connectivity index (χ2n) is 7.52. The van der Waals surface area contributed by atoms with Crippen LogP contribution in [0.4, 0.5) is 5.69 Å². The standard InChI is InChI=1S/C27H33NO/c1-5-9-17-25(28-21-15-12-14-20(19-21)13-6-2)23(8-4)27-22(7-3)24-16-10-11-18-26(24)29-27/h7,9-12,14-19,22,27-28H,3,5-6,8,13H2,1-2,4H3/b17-9-,25-23+/t22?,27-/m0/s1. The number of rotatable bonds is 9. The van der Waals surface area contributed by atoms with E-state index in [1.165, 1.54) is 16.7 Å². The maximum Gasteiger partial charge on any atom is 0.132 e. The maximum absolute atomic E-state index is 6.42. The van der Waals surface area contributed by atoms with Gasteiger partial charge in [0.1, 0.15) is 11.9 Å². The third kappa shape index (κ3) is 4.82. The van der Waals surface area contributed by atoms with E-state index in [0.717, 1.165) is 42.8 Å². The van der Waals surface area contributed by atoms with Gasteiger partial charge in [-0.2, -0.15) is 0 Å². The van der Waals surface area contributed by atoms with Gasteiger partial charge >= 0.3 is 0 Å². The van der Waals surface area contributed by atoms with Crippen molar-refractivity contribution < 1.29 is 4.74 Å². The molecule has 0 spiro atoms. The largest absolute Gasteiger partial charge is 0.485 e. The number of hydrogen-bond donors (Lipinski definition) is 1. The highest BCUT2D eigenvalue weighted by atomic mass is 16.5. The van der Waals surface area contributed by atoms with Crippen LogP contribution >= 0.6 is 0 Å². The first kappa shape index (κ1) is 21.0. The lowest BCUT2D eigenvalue weighted by Gasteiger charge is -2.23. The Labute approximate surface area is 176 Å². The van der Waals surface area contributed by atoms with Gasteiger partial charge in [-0.1, -0.05) is 69.7 Å². The fourth-order valence-electron chi connectivity index (χ4n) is 4.03. The van der Waals surface area contributed by atoms with Crippen LogP contribution in [0.25, 0.3) is 0 Å². The van der Waals surface area contributed by atoms with Gasteiger partial charge in [-0.15, -0.1) is 6.58 Å². The Balaban J connectivity index is 1.99. The number of hydrogen-bond acceptors (Lipinski definition) is 2. The molecule has 0 saturated heterocycles. The molecule has 0 aromatic heterocycles. The lowest BCUT2D eigenvalue weighted by Crippen LogP contribution is -2.23. The van der Waals surface area contributed by atoms with Crippen molar-refractivity contribution in [3.63, 3.8) is 0 Å². The Bertz CT molecular complexity index is 893. The molecule has 1 N–H and O–H groups in total. The minimum Gasteiger partial charge on any atom is -0.485 e. The summed E-state index contributed by atoms with van der Waals surface area (Å²) >= 11 is 0. The van der Waals surface area contributed by atoms with Gasteiger partial charge in [0.25, 0.3) is 0 Å². The molecule has 29 heavy (non-hydrogen) atoms. The predicted molar refractivity (Wildman–Crippen MR) is 125 cm³/mol. The van der Waals surface area contributed by atoms with Crippen molar-refractivity contribution >= 4 is 5.69 Å². The molecule has 0 radical (unpaired) electrons. The van der Waals surface area contributed by atoms with Crippen molar-refractivity contribution in [2.24, 2.45) is 0 Å². The summed E-state index contributed by atoms with van der Waals surface area (Å²) in [6, 6.07) is 17.0. The third-order valence-electron chi connectivity index (χ3n) is 5.45. The summed E-state index contributed by atoms with van der Waals surface area (Å²) in [6.07, 6.45) is 10.6. The average Bonchev–Trinajstić information content (AvgIpc) is 3.11. The van der Waals surface area contributed by atoms with Crippen molar-refractivity contribution in [1.29, 1.82) is 0 Å². The average molecular weight is 388 g/mol. The van der Waals surface area contributed by atoms with Gasteiger partial charge in [-0.05, 0) is 54.7 Å². The van der Waals surface area contributed by atoms with E-state index in [1.54, 1.807) is 0 Å². The topological polar surface area (TPSA) is 21.3 Å². The minimum absolute atomic E-state index is 0.0299. The zero-order valence-electron chi connectivity index (χ0n) is 17.9. The number of anilines is 1. The van der Waals surface area contributed by atoms with Crippen LogP contribution in [-0.2, 0) is 6.42 Å². The number of benzene rings is 2. The van der Waals surface area contributed by atoms with Crippen LogP contribution in [0.1, 0.15) is 57.1 Å². The summed E-state index contributed by atoms with van der Waals surface area (Å²) in [5.74, 6) is 1.14. The van der Waals surface area contributed by atoms with E-state index in [1.807, 2.05) is 12.1 Å². The highest BCUT2D eigenvalue weighted by molar-refractivity contribution is 5.55. The van der Waals surface area contributed by atoms with Crippen LogP contribution in [0.3, 0.4) is 0 Å². The molecule has 1 aliphatic heterocycles. The van der Waals surface area contributed by atoms with Gasteiger partial charge in [0.05, 0.1) is 0 Å². The molecule has 152 valence electrons. The number of aryl methyl sites for hydroxylation is 1. The predicted octanol–water partition coefficient (Wildman–Crippen LogP) is 7.41. The first-order valence-electron chi connectivity index (χ1n) is 10.8. The molecule has 1 unspecified atom stereocenters. The lowest BCUT2D eigenvalue weighted by atomic mass is 9.89. The van der Waals surface area contributed by atoms with Gasteiger partial charge < -0.3 is 10.1 Å². The maximum atomic E-state index is 6.42. The number of para-hydroxylation sites is 1. The summed E-state index contributed by atoms with van der Waals surface area (Å²) < 4.78 is 6.42. The molecule has 2 atom stereocenters. The fourth-order valence-corrected chi connectivity index (χ4v) is 4.03. The molecule has 2 nitrogen and oxygen atoms in total. The van der Waals surface area contributed by atoms with E-state index in [9.17, 15) is 0 Å². The second-order valence-corrected chi connectivity index (χ2v) is 7.52. The number of fused-ring (bicyclic) bond motifs is 1. The molecule has 1 heterocycles. The van der Waals surface area contributed by atoms with Gasteiger partial charge in [0.2, 0.25) is 0 Å². The Morgan fingerprint density at radius 3 is 2.66 bits per heavy atom. The molecule has 0 aliphatic carbocycles. The summed E-state index contributed by atoms with van der Waals surface area (Å²) in [5, 5.41) is 3.69. The van der Waals surface area contributed by atoms with Crippen molar-refractivity contribution in [2.75, 3.05) is 5.32 Å². The van der Waals surface area contributed by atoms with Crippen LogP contribution < -0.4 is 10.1 Å². The van der Waals surface area contributed by atoms with Crippen LogP contribution in [0.15, 0.2) is 84.6 Å². The molecule has 1 aliphatic rings. The first-order chi connectivity index (χ1) is 14.2. The van der Waals surface area contributed by atoms with Gasteiger partial charge in [-0.25, -0.2) is 0 Å². The molecule has 3 rings (SSSR count). The highest BCUT2D eigenvalue weighted by Gasteiger charge is 2.35. The quantitative estimate of drug-likeness (QED) is 0.357. The van der Waals surface area contributed by atoms with Gasteiger partial charge in [0, 0.05) is 22.9 Å². The normalized spacial score (nSPS) is 18.9. The van der Waals surface area contributed by atoms with Crippen molar-refractivity contribution in [2.45, 2.75) is 58.5 Å². The molecule has 0 saturated carbocycles. The summed E-state index contributed by atoms with van der Waals surface area (Å²) in [7, 11) is 0. The number of nitrogens with one attached hydrogen (secondary N) is 1. The summed E-state index contributed by atoms with van der Waals surface area (Å²) in [4.78, 5) is 0. The van der Waals surface area contributed by atoms with Crippen molar-refractivity contribution in [3.05, 3.63) is 95.7 Å². The van der Waals surface area contributed by atoms with Crippen LogP contribution in [0.2, 0.25) is 0 Å². The zero-order chi connectivity index (χ0) is 20.6. The van der Waals surface area contributed by atoms with Crippen molar-refractivity contribution in [3.8, 4) is 5.75 Å². The number of allylic oxidation sites excluding steroid dienone is 2. The Hall–Kier alpha value is -2.74. The fraction of sp³-hybridized carbons (Fsp3) is 0.333. The highest BCUT2D eigenvalue weighted by Crippen LogP contribution is 2.43. The van der Waals surface area contributed by atoms with Crippen molar-refractivity contribution in [1.82, 2.24) is 0 Å². The third-order valence-corrected chi connectivity index (χ3v) is 5.45. The van der Waals surface area contributed by atoms with E-state index in [2.05, 4.69) is 87.3 Å². The molecule has 0 fully saturated rings.